The lowest BCUT2D eigenvalue weighted by atomic mass is 10.1. The van der Waals surface area contributed by atoms with Crippen LogP contribution in [0.4, 0.5) is 15.8 Å². The van der Waals surface area contributed by atoms with Crippen LogP contribution in [0.3, 0.4) is 0 Å². The summed E-state index contributed by atoms with van der Waals surface area (Å²) in [6, 6.07) is 10.2. The van der Waals surface area contributed by atoms with Gasteiger partial charge in [0.15, 0.2) is 0 Å². The average Bonchev–Trinajstić information content (AvgIpc) is 2.32. The molecule has 0 amide bonds. The van der Waals surface area contributed by atoms with Crippen molar-refractivity contribution in [1.82, 2.24) is 0 Å². The molecule has 0 bridgehead atoms. The summed E-state index contributed by atoms with van der Waals surface area (Å²) in [5, 5.41) is 3.00. The molecular weight excluding hydrogens is 395 g/mol. The highest BCUT2D eigenvalue weighted by molar-refractivity contribution is 9.10. The summed E-state index contributed by atoms with van der Waals surface area (Å²) in [6.07, 6.45) is 0. The number of nitrogens with two attached hydrogens (primary N) is 1. The quantitative estimate of drug-likeness (QED) is 0.727. The second-order valence-corrected chi connectivity index (χ2v) is 6.07. The third-order valence-corrected chi connectivity index (χ3v) is 3.65. The Morgan fingerprint density at radius 2 is 1.68 bits per heavy atom. The van der Waals surface area contributed by atoms with Crippen molar-refractivity contribution in [2.24, 2.45) is 5.73 Å². The molecule has 2 aromatic rings. The molecule has 0 fully saturated rings. The lowest BCUT2D eigenvalue weighted by molar-refractivity contribution is 0.631. The first-order chi connectivity index (χ1) is 8.97. The molecule has 0 aliphatic rings. The summed E-state index contributed by atoms with van der Waals surface area (Å²) in [7, 11) is 0. The molecule has 2 rings (SSSR count). The number of nitrogens with one attached hydrogen (secondary N) is 1. The normalized spacial score (nSPS) is 10.3. The van der Waals surface area contributed by atoms with E-state index in [0.29, 0.717) is 21.4 Å². The highest BCUT2D eigenvalue weighted by Gasteiger charge is 2.09. The SMILES string of the molecule is NC(=S)c1ccc(Br)cc1Nc1ccc(Br)cc1F. The molecule has 2 aromatic carbocycles. The maximum Gasteiger partial charge on any atom is 0.147 e. The van der Waals surface area contributed by atoms with Crippen molar-refractivity contribution in [3.05, 3.63) is 56.7 Å². The van der Waals surface area contributed by atoms with Gasteiger partial charge in [-0.15, -0.1) is 0 Å². The molecule has 0 heterocycles. The summed E-state index contributed by atoms with van der Waals surface area (Å²) in [4.78, 5) is 0.257. The Morgan fingerprint density at radius 1 is 1.05 bits per heavy atom. The molecule has 6 heteroatoms. The predicted molar refractivity (Wildman–Crippen MR) is 87.4 cm³/mol. The molecule has 0 saturated carbocycles. The van der Waals surface area contributed by atoms with Crippen molar-refractivity contribution >= 4 is 60.4 Å². The van der Waals surface area contributed by atoms with Gasteiger partial charge in [0.2, 0.25) is 0 Å². The fourth-order valence-corrected chi connectivity index (χ4v) is 2.44. The second kappa shape index (κ2) is 5.98. The molecule has 0 aromatic heterocycles. The van der Waals surface area contributed by atoms with Gasteiger partial charge in [0.05, 0.1) is 5.69 Å². The van der Waals surface area contributed by atoms with Crippen molar-refractivity contribution in [3.8, 4) is 0 Å². The van der Waals surface area contributed by atoms with Crippen molar-refractivity contribution in [2.75, 3.05) is 5.32 Å². The summed E-state index contributed by atoms with van der Waals surface area (Å²) < 4.78 is 15.3. The minimum absolute atomic E-state index is 0.257. The van der Waals surface area contributed by atoms with Crippen molar-refractivity contribution in [3.63, 3.8) is 0 Å². The largest absolute Gasteiger partial charge is 0.389 e. The smallest absolute Gasteiger partial charge is 0.147 e. The van der Waals surface area contributed by atoms with E-state index in [2.05, 4.69) is 37.2 Å². The van der Waals surface area contributed by atoms with E-state index in [1.807, 2.05) is 6.07 Å². The zero-order valence-electron chi connectivity index (χ0n) is 9.58. The van der Waals surface area contributed by atoms with Gasteiger partial charge in [-0.25, -0.2) is 4.39 Å². The molecule has 98 valence electrons. The van der Waals surface area contributed by atoms with E-state index in [1.165, 1.54) is 6.07 Å². The summed E-state index contributed by atoms with van der Waals surface area (Å²) in [5.41, 5.74) is 7.34. The zero-order chi connectivity index (χ0) is 14.0. The van der Waals surface area contributed by atoms with Gasteiger partial charge < -0.3 is 11.1 Å². The van der Waals surface area contributed by atoms with Crippen molar-refractivity contribution in [1.29, 1.82) is 0 Å². The molecule has 0 atom stereocenters. The molecule has 0 spiro atoms. The van der Waals surface area contributed by atoms with Gasteiger partial charge in [0.25, 0.3) is 0 Å². The van der Waals surface area contributed by atoms with Crippen LogP contribution in [0, 0.1) is 5.82 Å². The highest BCUT2D eigenvalue weighted by Crippen LogP contribution is 2.27. The van der Waals surface area contributed by atoms with Crippen LogP contribution in [-0.2, 0) is 0 Å². The van der Waals surface area contributed by atoms with Crippen LogP contribution < -0.4 is 11.1 Å². The van der Waals surface area contributed by atoms with Gasteiger partial charge in [-0.2, -0.15) is 0 Å². The Labute approximate surface area is 132 Å². The fourth-order valence-electron chi connectivity index (χ4n) is 1.57. The van der Waals surface area contributed by atoms with E-state index in [-0.39, 0.29) is 10.8 Å². The Morgan fingerprint density at radius 3 is 2.32 bits per heavy atom. The molecule has 0 radical (unpaired) electrons. The lowest BCUT2D eigenvalue weighted by Gasteiger charge is -2.12. The van der Waals surface area contributed by atoms with Crippen molar-refractivity contribution in [2.45, 2.75) is 0 Å². The van der Waals surface area contributed by atoms with E-state index >= 15 is 0 Å². The van der Waals surface area contributed by atoms with Crippen molar-refractivity contribution < 1.29 is 4.39 Å². The lowest BCUT2D eigenvalue weighted by Crippen LogP contribution is -2.12. The monoisotopic (exact) mass is 402 g/mol. The van der Waals surface area contributed by atoms with Crippen LogP contribution in [0.2, 0.25) is 0 Å². The van der Waals surface area contributed by atoms with Crippen LogP contribution in [0.25, 0.3) is 0 Å². The zero-order valence-corrected chi connectivity index (χ0v) is 13.6. The van der Waals surface area contributed by atoms with Gasteiger partial charge in [-0.05, 0) is 36.4 Å². The number of hydrogen-bond donors (Lipinski definition) is 2. The molecule has 2 nitrogen and oxygen atoms in total. The Kier molecular flexibility index (Phi) is 4.54. The first-order valence-electron chi connectivity index (χ1n) is 5.29. The molecule has 19 heavy (non-hydrogen) atoms. The van der Waals surface area contributed by atoms with Crippen LogP contribution in [0.1, 0.15) is 5.56 Å². The van der Waals surface area contributed by atoms with E-state index in [0.717, 1.165) is 4.47 Å². The first-order valence-corrected chi connectivity index (χ1v) is 7.28. The number of hydrogen-bond acceptors (Lipinski definition) is 2. The van der Waals surface area contributed by atoms with Gasteiger partial charge in [0.1, 0.15) is 10.8 Å². The van der Waals surface area contributed by atoms with Crippen LogP contribution >= 0.6 is 44.1 Å². The molecule has 0 unspecified atom stereocenters. The third kappa shape index (κ3) is 3.52. The first kappa shape index (κ1) is 14.4. The Hall–Kier alpha value is -0.980. The molecule has 3 N–H and O–H groups in total. The number of thiocarbonyl (C=S) groups is 1. The van der Waals surface area contributed by atoms with Crippen LogP contribution in [0.5, 0.6) is 0 Å². The molecule has 0 saturated heterocycles. The molecular formula is C13H9Br2FN2S. The average molecular weight is 404 g/mol. The number of anilines is 2. The Bertz CT molecular complexity index is 647. The minimum atomic E-state index is -0.358. The molecule has 0 aliphatic heterocycles. The third-order valence-electron chi connectivity index (χ3n) is 2.45. The van der Waals surface area contributed by atoms with E-state index < -0.39 is 0 Å². The van der Waals surface area contributed by atoms with Gasteiger partial charge in [0, 0.05) is 20.2 Å². The number of rotatable bonds is 3. The standard InChI is InChI=1S/C13H9Br2FN2S/c14-7-2-4-11(10(16)5-7)18-12-6-8(15)1-3-9(12)13(17)19/h1-6,18H,(H2,17,19). The van der Waals surface area contributed by atoms with Crippen LogP contribution in [0.15, 0.2) is 45.3 Å². The van der Waals surface area contributed by atoms with Gasteiger partial charge in [-0.3, -0.25) is 0 Å². The number of halogens is 3. The van der Waals surface area contributed by atoms with Crippen LogP contribution in [-0.4, -0.2) is 4.99 Å². The second-order valence-electron chi connectivity index (χ2n) is 3.80. The number of benzene rings is 2. The van der Waals surface area contributed by atoms with Gasteiger partial charge in [-0.1, -0.05) is 44.1 Å². The van der Waals surface area contributed by atoms with E-state index in [4.69, 9.17) is 18.0 Å². The predicted octanol–water partition coefficient (Wildman–Crippen LogP) is 4.73. The maximum absolute atomic E-state index is 13.8. The van der Waals surface area contributed by atoms with E-state index in [9.17, 15) is 4.39 Å². The summed E-state index contributed by atoms with van der Waals surface area (Å²) in [6.45, 7) is 0. The summed E-state index contributed by atoms with van der Waals surface area (Å²) >= 11 is 11.6. The Balaban J connectivity index is 2.42. The minimum Gasteiger partial charge on any atom is -0.389 e. The fraction of sp³-hybridized carbons (Fsp3) is 0. The summed E-state index contributed by atoms with van der Waals surface area (Å²) in [5.74, 6) is -0.358. The highest BCUT2D eigenvalue weighted by atomic mass is 79.9. The molecule has 0 aliphatic carbocycles. The van der Waals surface area contributed by atoms with Gasteiger partial charge >= 0.3 is 0 Å². The van der Waals surface area contributed by atoms with E-state index in [1.54, 1.807) is 24.3 Å². The maximum atomic E-state index is 13.8. The topological polar surface area (TPSA) is 38.0 Å².